The Kier molecular flexibility index (Phi) is 5.46. The molecule has 140 valence electrons. The Morgan fingerprint density at radius 1 is 1.30 bits per heavy atom. The first-order valence-electron chi connectivity index (χ1n) is 8.12. The Morgan fingerprint density at radius 3 is 2.89 bits per heavy atom. The van der Waals surface area contributed by atoms with Crippen molar-refractivity contribution in [1.82, 2.24) is 9.55 Å². The minimum Gasteiger partial charge on any atom is -0.491 e. The number of esters is 1. The molecule has 1 N–H and O–H groups in total. The molecule has 0 saturated carbocycles. The van der Waals surface area contributed by atoms with Gasteiger partial charge in [-0.3, -0.25) is 9.36 Å². The number of fused-ring (bicyclic) bond motifs is 1. The zero-order valence-electron chi connectivity index (χ0n) is 14.5. The van der Waals surface area contributed by atoms with Gasteiger partial charge in [-0.15, -0.1) is 0 Å². The van der Waals surface area contributed by atoms with Crippen molar-refractivity contribution in [3.8, 4) is 5.75 Å². The monoisotopic (exact) mass is 372 g/mol. The maximum Gasteiger partial charge on any atom is 0.337 e. The fraction of sp³-hybridized carbons (Fsp3) is 0.211. The molecule has 0 radical (unpaired) electrons. The van der Waals surface area contributed by atoms with Gasteiger partial charge in [-0.25, -0.2) is 14.2 Å². The second-order valence-electron chi connectivity index (χ2n) is 5.85. The van der Waals surface area contributed by atoms with E-state index in [2.05, 4.69) is 9.72 Å². The summed E-state index contributed by atoms with van der Waals surface area (Å²) < 4.78 is 24.6. The van der Waals surface area contributed by atoms with Crippen molar-refractivity contribution in [3.63, 3.8) is 0 Å². The van der Waals surface area contributed by atoms with E-state index < -0.39 is 17.9 Å². The minimum absolute atomic E-state index is 0.0458. The number of rotatable bonds is 6. The molecule has 7 nitrogen and oxygen atoms in total. The fourth-order valence-electron chi connectivity index (χ4n) is 2.56. The summed E-state index contributed by atoms with van der Waals surface area (Å²) in [6.45, 7) is -0.144. The Balaban J connectivity index is 1.68. The van der Waals surface area contributed by atoms with Gasteiger partial charge in [-0.2, -0.15) is 0 Å². The molecule has 0 bridgehead atoms. The van der Waals surface area contributed by atoms with Crippen molar-refractivity contribution < 1.29 is 23.8 Å². The largest absolute Gasteiger partial charge is 0.491 e. The van der Waals surface area contributed by atoms with Crippen LogP contribution in [0.15, 0.2) is 53.6 Å². The van der Waals surface area contributed by atoms with E-state index >= 15 is 0 Å². The summed E-state index contributed by atoms with van der Waals surface area (Å²) in [5.41, 5.74) is 0.194. The van der Waals surface area contributed by atoms with E-state index in [1.807, 2.05) is 0 Å². The van der Waals surface area contributed by atoms with Crippen molar-refractivity contribution in [2.75, 3.05) is 13.7 Å². The lowest BCUT2D eigenvalue weighted by molar-refractivity contribution is 0.0599. The molecule has 3 aromatic rings. The minimum atomic E-state index is -0.996. The summed E-state index contributed by atoms with van der Waals surface area (Å²) in [6.07, 6.45) is 0.259. The third kappa shape index (κ3) is 4.29. The van der Waals surface area contributed by atoms with E-state index in [1.165, 1.54) is 42.3 Å². The number of hydrogen-bond donors (Lipinski definition) is 1. The van der Waals surface area contributed by atoms with Crippen molar-refractivity contribution in [2.45, 2.75) is 12.6 Å². The van der Waals surface area contributed by atoms with Crippen LogP contribution in [-0.4, -0.2) is 40.4 Å². The number of aliphatic hydroxyl groups is 1. The molecule has 27 heavy (non-hydrogen) atoms. The van der Waals surface area contributed by atoms with Crippen LogP contribution in [-0.2, 0) is 11.3 Å². The number of aliphatic hydroxyl groups excluding tert-OH is 1. The van der Waals surface area contributed by atoms with Crippen LogP contribution < -0.4 is 10.3 Å². The van der Waals surface area contributed by atoms with Crippen LogP contribution in [0.5, 0.6) is 5.75 Å². The maximum absolute atomic E-state index is 13.2. The van der Waals surface area contributed by atoms with E-state index in [0.29, 0.717) is 11.3 Å². The highest BCUT2D eigenvalue weighted by molar-refractivity contribution is 5.89. The van der Waals surface area contributed by atoms with Crippen LogP contribution >= 0.6 is 0 Å². The molecule has 0 saturated heterocycles. The van der Waals surface area contributed by atoms with Crippen LogP contribution in [0.2, 0.25) is 0 Å². The molecule has 3 rings (SSSR count). The zero-order chi connectivity index (χ0) is 19.4. The molecule has 0 spiro atoms. The second-order valence-corrected chi connectivity index (χ2v) is 5.85. The van der Waals surface area contributed by atoms with Gasteiger partial charge in [-0.1, -0.05) is 6.07 Å². The summed E-state index contributed by atoms with van der Waals surface area (Å²) in [5.74, 6) is -0.586. The Morgan fingerprint density at radius 2 is 2.11 bits per heavy atom. The van der Waals surface area contributed by atoms with Gasteiger partial charge in [0.05, 0.1) is 36.4 Å². The lowest BCUT2D eigenvalue weighted by Gasteiger charge is -2.14. The van der Waals surface area contributed by atoms with Gasteiger partial charge in [0.15, 0.2) is 0 Å². The van der Waals surface area contributed by atoms with E-state index in [0.717, 1.165) is 0 Å². The number of halogens is 1. The predicted octanol–water partition coefficient (Wildman–Crippen LogP) is 1.76. The Labute approximate surface area is 153 Å². The molecular weight excluding hydrogens is 355 g/mol. The number of carbonyl (C=O) groups excluding carboxylic acids is 1. The molecule has 0 amide bonds. The highest BCUT2D eigenvalue weighted by atomic mass is 19.1. The highest BCUT2D eigenvalue weighted by Gasteiger charge is 2.12. The van der Waals surface area contributed by atoms with Crippen molar-refractivity contribution >= 4 is 16.9 Å². The summed E-state index contributed by atoms with van der Waals surface area (Å²) in [5, 5.41) is 10.4. The van der Waals surface area contributed by atoms with Gasteiger partial charge in [-0.05, 0) is 30.3 Å². The van der Waals surface area contributed by atoms with Gasteiger partial charge in [0.25, 0.3) is 5.56 Å². The van der Waals surface area contributed by atoms with E-state index in [1.54, 1.807) is 18.2 Å². The molecule has 0 fully saturated rings. The third-order valence-corrected chi connectivity index (χ3v) is 3.89. The van der Waals surface area contributed by atoms with Crippen molar-refractivity contribution in [1.29, 1.82) is 0 Å². The number of benzene rings is 2. The molecule has 2 aromatic carbocycles. The molecule has 0 aliphatic rings. The second kappa shape index (κ2) is 7.96. The first-order chi connectivity index (χ1) is 13.0. The molecule has 0 unspecified atom stereocenters. The maximum atomic E-state index is 13.2. The highest BCUT2D eigenvalue weighted by Crippen LogP contribution is 2.14. The lowest BCUT2D eigenvalue weighted by atomic mass is 10.2. The predicted molar refractivity (Wildman–Crippen MR) is 95.2 cm³/mol. The van der Waals surface area contributed by atoms with Crippen molar-refractivity contribution in [3.05, 3.63) is 70.5 Å². The Hall–Kier alpha value is -3.26. The van der Waals surface area contributed by atoms with Gasteiger partial charge in [0, 0.05) is 6.07 Å². The molecule has 0 aliphatic carbocycles. The third-order valence-electron chi connectivity index (χ3n) is 3.89. The van der Waals surface area contributed by atoms with E-state index in [4.69, 9.17) is 4.74 Å². The summed E-state index contributed by atoms with van der Waals surface area (Å²) in [6, 6.07) is 10.1. The quantitative estimate of drug-likeness (QED) is 0.663. The lowest BCUT2D eigenvalue weighted by Crippen LogP contribution is -2.30. The van der Waals surface area contributed by atoms with Gasteiger partial charge < -0.3 is 14.6 Å². The number of ether oxygens (including phenoxy) is 2. The zero-order valence-corrected chi connectivity index (χ0v) is 14.5. The van der Waals surface area contributed by atoms with Gasteiger partial charge in [0.1, 0.15) is 24.3 Å². The fourth-order valence-corrected chi connectivity index (χ4v) is 2.56. The number of hydrogen-bond acceptors (Lipinski definition) is 6. The van der Waals surface area contributed by atoms with Crippen LogP contribution in [0, 0.1) is 5.82 Å². The first kappa shape index (κ1) is 18.5. The number of methoxy groups -OCH3 is 1. The van der Waals surface area contributed by atoms with Crippen LogP contribution in [0.3, 0.4) is 0 Å². The molecule has 8 heteroatoms. The molecule has 1 heterocycles. The SMILES string of the molecule is COC(=O)c1cccc(OC[C@@H](O)Cn2cnc3cc(F)ccc3c2=O)c1. The standard InChI is InChI=1S/C19H17FN2O5/c1-26-19(25)12-3-2-4-15(7-12)27-10-14(23)9-22-11-21-17-8-13(20)5-6-16(17)18(22)24/h2-8,11,14,23H,9-10H2,1H3/t14-/m0/s1. The number of aromatic nitrogens is 2. The summed E-state index contributed by atoms with van der Waals surface area (Å²) >= 11 is 0. The van der Waals surface area contributed by atoms with E-state index in [9.17, 15) is 19.1 Å². The topological polar surface area (TPSA) is 90.7 Å². The number of nitrogens with zero attached hydrogens (tertiary/aromatic N) is 2. The molecular formula is C19H17FN2O5. The average Bonchev–Trinajstić information content (AvgIpc) is 2.68. The van der Waals surface area contributed by atoms with Crippen LogP contribution in [0.4, 0.5) is 4.39 Å². The van der Waals surface area contributed by atoms with Crippen LogP contribution in [0.1, 0.15) is 10.4 Å². The Bertz CT molecular complexity index is 1030. The van der Waals surface area contributed by atoms with Crippen LogP contribution in [0.25, 0.3) is 10.9 Å². The van der Waals surface area contributed by atoms with Crippen molar-refractivity contribution in [2.24, 2.45) is 0 Å². The average molecular weight is 372 g/mol. The van der Waals surface area contributed by atoms with Gasteiger partial charge in [0.2, 0.25) is 0 Å². The smallest absolute Gasteiger partial charge is 0.337 e. The number of carbonyl (C=O) groups is 1. The summed E-state index contributed by atoms with van der Waals surface area (Å²) in [4.78, 5) is 27.9. The summed E-state index contributed by atoms with van der Waals surface area (Å²) in [7, 11) is 1.28. The first-order valence-corrected chi connectivity index (χ1v) is 8.12. The molecule has 1 atom stereocenters. The van der Waals surface area contributed by atoms with E-state index in [-0.39, 0.29) is 29.6 Å². The molecule has 1 aromatic heterocycles. The van der Waals surface area contributed by atoms with Gasteiger partial charge >= 0.3 is 5.97 Å². The normalized spacial score (nSPS) is 12.0. The molecule has 0 aliphatic heterocycles.